The van der Waals surface area contributed by atoms with E-state index in [1.165, 1.54) is 0 Å². The van der Waals surface area contributed by atoms with Gasteiger partial charge in [-0.05, 0) is 0 Å². The van der Waals surface area contributed by atoms with Crippen LogP contribution in [0.2, 0.25) is 0 Å². The molecule has 0 saturated carbocycles. The van der Waals surface area contributed by atoms with Crippen LogP contribution in [0.4, 0.5) is 0 Å². The van der Waals surface area contributed by atoms with Gasteiger partial charge >= 0.3 is 7.82 Å². The summed E-state index contributed by atoms with van der Waals surface area (Å²) in [6, 6.07) is 0. The fraction of sp³-hybridized carbons (Fsp3) is 1.00. The Balaban J connectivity index is 0. The quantitative estimate of drug-likeness (QED) is 0.621. The molecule has 0 amide bonds. The first-order valence-corrected chi connectivity index (χ1v) is 3.06. The molecule has 0 aliphatic heterocycles. The Morgan fingerprint density at radius 2 is 1.62 bits per heavy atom. The third-order valence-electron chi connectivity index (χ3n) is 0.461. The van der Waals surface area contributed by atoms with Crippen molar-refractivity contribution in [1.82, 2.24) is 0 Å². The molecular formula is C2H7CrO4P. The molecule has 0 aromatic carbocycles. The maximum absolute atomic E-state index is 10.1. The van der Waals surface area contributed by atoms with E-state index in [-0.39, 0.29) is 17.4 Å². The van der Waals surface area contributed by atoms with Crippen molar-refractivity contribution in [3.8, 4) is 0 Å². The Bertz CT molecular complexity index is 86.0. The molecule has 0 aromatic heterocycles. The Hall–Kier alpha value is 0.642. The average Bonchev–Trinajstić information content (AvgIpc) is 1.68. The van der Waals surface area contributed by atoms with Crippen LogP contribution < -0.4 is 0 Å². The SMILES string of the molecule is COP(=O)(O)OC.[Cr]. The minimum absolute atomic E-state index is 0. The Kier molecular flexibility index (Phi) is 6.46. The molecule has 0 unspecified atom stereocenters. The minimum Gasteiger partial charge on any atom is -0.303 e. The van der Waals surface area contributed by atoms with E-state index in [4.69, 9.17) is 4.89 Å². The standard InChI is InChI=1S/C2H7O4P.Cr/c1-5-7(3,4)6-2;/h1-2H3,(H,3,4);. The van der Waals surface area contributed by atoms with Crippen molar-refractivity contribution < 1.29 is 35.9 Å². The van der Waals surface area contributed by atoms with Gasteiger partial charge in [0.15, 0.2) is 0 Å². The average molecular weight is 178 g/mol. The second kappa shape index (κ2) is 4.51. The van der Waals surface area contributed by atoms with Crippen LogP contribution in [0.3, 0.4) is 0 Å². The molecular weight excluding hydrogens is 171 g/mol. The zero-order chi connectivity index (χ0) is 5.91. The Morgan fingerprint density at radius 1 is 1.38 bits per heavy atom. The molecule has 50 valence electrons. The molecule has 0 bridgehead atoms. The number of hydrogen-bond acceptors (Lipinski definition) is 3. The van der Waals surface area contributed by atoms with Crippen LogP contribution in [0.25, 0.3) is 0 Å². The molecule has 6 heteroatoms. The topological polar surface area (TPSA) is 55.8 Å². The van der Waals surface area contributed by atoms with Crippen LogP contribution in [0.15, 0.2) is 0 Å². The molecule has 0 fully saturated rings. The normalized spacial score (nSPS) is 10.4. The third-order valence-corrected chi connectivity index (χ3v) is 1.38. The largest absolute Gasteiger partial charge is 0.471 e. The number of phosphoric acid groups is 1. The number of hydrogen-bond donors (Lipinski definition) is 1. The van der Waals surface area contributed by atoms with Crippen molar-refractivity contribution in [2.45, 2.75) is 0 Å². The maximum atomic E-state index is 10.1. The van der Waals surface area contributed by atoms with E-state index in [2.05, 4.69) is 9.05 Å². The summed E-state index contributed by atoms with van der Waals surface area (Å²) in [6.07, 6.45) is 0. The maximum Gasteiger partial charge on any atom is 0.471 e. The number of phosphoric ester groups is 1. The molecule has 4 nitrogen and oxygen atoms in total. The zero-order valence-electron chi connectivity index (χ0n) is 4.53. The summed E-state index contributed by atoms with van der Waals surface area (Å²) in [7, 11) is -1.45. The van der Waals surface area contributed by atoms with Crippen molar-refractivity contribution in [1.29, 1.82) is 0 Å². The Morgan fingerprint density at radius 3 is 1.62 bits per heavy atom. The van der Waals surface area contributed by atoms with Gasteiger partial charge in [0.1, 0.15) is 0 Å². The summed E-state index contributed by atoms with van der Waals surface area (Å²) in [5, 5.41) is 0. The molecule has 0 aliphatic carbocycles. The van der Waals surface area contributed by atoms with Crippen molar-refractivity contribution in [3.05, 3.63) is 0 Å². The predicted molar refractivity (Wildman–Crippen MR) is 23.8 cm³/mol. The molecule has 8 heavy (non-hydrogen) atoms. The number of rotatable bonds is 2. The van der Waals surface area contributed by atoms with Crippen molar-refractivity contribution >= 4 is 7.82 Å². The monoisotopic (exact) mass is 178 g/mol. The van der Waals surface area contributed by atoms with Gasteiger partial charge in [-0.2, -0.15) is 0 Å². The van der Waals surface area contributed by atoms with Gasteiger partial charge in [-0.15, -0.1) is 0 Å². The van der Waals surface area contributed by atoms with Crippen LogP contribution in [0.5, 0.6) is 0 Å². The molecule has 0 heterocycles. The van der Waals surface area contributed by atoms with Gasteiger partial charge < -0.3 is 4.89 Å². The summed E-state index contributed by atoms with van der Waals surface area (Å²) in [4.78, 5) is 8.24. The first-order valence-electron chi connectivity index (χ1n) is 1.56. The van der Waals surface area contributed by atoms with Crippen LogP contribution in [0, 0.1) is 0 Å². The van der Waals surface area contributed by atoms with Crippen LogP contribution in [-0.4, -0.2) is 19.1 Å². The van der Waals surface area contributed by atoms with Crippen molar-refractivity contribution in [3.63, 3.8) is 0 Å². The molecule has 0 saturated heterocycles. The second-order valence-corrected chi connectivity index (χ2v) is 2.50. The fourth-order valence-corrected chi connectivity index (χ4v) is 0.224. The summed E-state index contributed by atoms with van der Waals surface area (Å²) in [6.45, 7) is 0. The fourth-order valence-electron chi connectivity index (χ4n) is 0.0745. The van der Waals surface area contributed by atoms with Gasteiger partial charge in [-0.1, -0.05) is 0 Å². The summed E-state index contributed by atoms with van der Waals surface area (Å²) in [5.74, 6) is 0. The Labute approximate surface area is 58.5 Å². The summed E-state index contributed by atoms with van der Waals surface area (Å²) >= 11 is 0. The first-order chi connectivity index (χ1) is 3.12. The van der Waals surface area contributed by atoms with Gasteiger partial charge in [0.2, 0.25) is 0 Å². The van der Waals surface area contributed by atoms with Crippen LogP contribution in [0.1, 0.15) is 0 Å². The van der Waals surface area contributed by atoms with Gasteiger partial charge in [0.25, 0.3) is 0 Å². The second-order valence-electron chi connectivity index (χ2n) is 0.834. The van der Waals surface area contributed by atoms with E-state index >= 15 is 0 Å². The van der Waals surface area contributed by atoms with Gasteiger partial charge in [0, 0.05) is 31.6 Å². The van der Waals surface area contributed by atoms with E-state index in [1.54, 1.807) is 0 Å². The van der Waals surface area contributed by atoms with Crippen LogP contribution >= 0.6 is 7.82 Å². The predicted octanol–water partition coefficient (Wildman–Crippen LogP) is 0.377. The zero-order valence-corrected chi connectivity index (χ0v) is 6.70. The molecule has 0 rings (SSSR count). The van der Waals surface area contributed by atoms with E-state index in [9.17, 15) is 4.57 Å². The van der Waals surface area contributed by atoms with E-state index < -0.39 is 7.82 Å². The summed E-state index contributed by atoms with van der Waals surface area (Å²) < 4.78 is 18.0. The molecule has 1 N–H and O–H groups in total. The molecule has 0 atom stereocenters. The molecule has 0 aromatic rings. The molecule has 0 aliphatic rings. The van der Waals surface area contributed by atoms with Gasteiger partial charge in [-0.25, -0.2) is 4.57 Å². The van der Waals surface area contributed by atoms with Crippen LogP contribution in [-0.2, 0) is 31.0 Å². The van der Waals surface area contributed by atoms with Gasteiger partial charge in [0.05, 0.1) is 0 Å². The van der Waals surface area contributed by atoms with E-state index in [0.29, 0.717) is 0 Å². The smallest absolute Gasteiger partial charge is 0.303 e. The van der Waals surface area contributed by atoms with Gasteiger partial charge in [-0.3, -0.25) is 9.05 Å². The molecule has 0 spiro atoms. The summed E-state index contributed by atoms with van der Waals surface area (Å²) in [5.41, 5.74) is 0. The minimum atomic E-state index is -3.65. The van der Waals surface area contributed by atoms with Crippen molar-refractivity contribution in [2.75, 3.05) is 14.2 Å². The third kappa shape index (κ3) is 4.79. The van der Waals surface area contributed by atoms with E-state index in [0.717, 1.165) is 14.2 Å². The first kappa shape index (κ1) is 11.4. The van der Waals surface area contributed by atoms with E-state index in [1.807, 2.05) is 0 Å². The molecule has 0 radical (unpaired) electrons. The van der Waals surface area contributed by atoms with Crippen molar-refractivity contribution in [2.24, 2.45) is 0 Å².